The molecule has 2 aromatic carbocycles. The van der Waals surface area contributed by atoms with Crippen LogP contribution in [0.4, 0.5) is 14.9 Å². The molecule has 0 radical (unpaired) electrons. The molecule has 12 heteroatoms. The van der Waals surface area contributed by atoms with Gasteiger partial charge in [0.2, 0.25) is 5.88 Å². The number of carbonyl (C=O) groups is 1. The number of ether oxygens (including phenoxy) is 3. The van der Waals surface area contributed by atoms with E-state index in [1.54, 1.807) is 26.1 Å². The van der Waals surface area contributed by atoms with Gasteiger partial charge in [0.25, 0.3) is 0 Å². The molecule has 0 saturated heterocycles. The number of amides is 1. The second-order valence-electron chi connectivity index (χ2n) is 8.85. The average molecular weight is 550 g/mol. The Hall–Kier alpha value is -4.58. The lowest BCUT2D eigenvalue weighted by atomic mass is 10.1. The largest absolute Gasteiger partial charge is 0.506 e. The summed E-state index contributed by atoms with van der Waals surface area (Å²) in [4.78, 5) is 29.6. The first kappa shape index (κ1) is 26.0. The molecular formula is C27H24FN5O5S. The highest BCUT2D eigenvalue weighted by Gasteiger charge is 2.22. The van der Waals surface area contributed by atoms with Gasteiger partial charge in [0.1, 0.15) is 23.0 Å². The second kappa shape index (κ2) is 10.7. The number of pyridine rings is 1. The van der Waals surface area contributed by atoms with E-state index in [1.165, 1.54) is 43.0 Å². The number of methoxy groups -OCH3 is 1. The summed E-state index contributed by atoms with van der Waals surface area (Å²) in [6.07, 6.45) is 1.98. The predicted octanol–water partition coefficient (Wildman–Crippen LogP) is 5.87. The maximum Gasteiger partial charge on any atom is 0.412 e. The van der Waals surface area contributed by atoms with Crippen LogP contribution in [0.5, 0.6) is 17.4 Å². The number of anilines is 1. The van der Waals surface area contributed by atoms with Crippen molar-refractivity contribution in [2.24, 2.45) is 0 Å². The Bertz CT molecular complexity index is 1690. The highest BCUT2D eigenvalue weighted by Crippen LogP contribution is 2.37. The van der Waals surface area contributed by atoms with Crippen LogP contribution in [-0.4, -0.2) is 50.5 Å². The van der Waals surface area contributed by atoms with Gasteiger partial charge in [0, 0.05) is 23.8 Å². The first-order valence-corrected chi connectivity index (χ1v) is 12.7. The molecule has 39 heavy (non-hydrogen) atoms. The zero-order valence-electron chi connectivity index (χ0n) is 21.4. The van der Waals surface area contributed by atoms with Crippen LogP contribution >= 0.6 is 11.3 Å². The molecule has 0 aliphatic heterocycles. The summed E-state index contributed by atoms with van der Waals surface area (Å²) in [5.41, 5.74) is 3.84. The van der Waals surface area contributed by atoms with Gasteiger partial charge in [-0.1, -0.05) is 0 Å². The van der Waals surface area contributed by atoms with Gasteiger partial charge in [-0.15, -0.1) is 11.3 Å². The topological polar surface area (TPSA) is 129 Å². The minimum Gasteiger partial charge on any atom is -0.506 e. The fraction of sp³-hybridized carbons (Fsp3) is 0.222. The predicted molar refractivity (Wildman–Crippen MR) is 145 cm³/mol. The van der Waals surface area contributed by atoms with Gasteiger partial charge in [-0.25, -0.2) is 24.1 Å². The molecule has 5 rings (SSSR count). The summed E-state index contributed by atoms with van der Waals surface area (Å²) < 4.78 is 32.1. The van der Waals surface area contributed by atoms with Crippen LogP contribution < -0.4 is 14.8 Å². The smallest absolute Gasteiger partial charge is 0.412 e. The zero-order chi connectivity index (χ0) is 27.7. The van der Waals surface area contributed by atoms with Crippen LogP contribution in [0.1, 0.15) is 19.4 Å². The number of hydrogen-bond donors (Lipinski definition) is 2. The molecule has 200 valence electrons. The number of aryl methyl sites for hydroxylation is 1. The molecule has 0 saturated carbocycles. The van der Waals surface area contributed by atoms with Crippen molar-refractivity contribution in [1.82, 2.24) is 19.9 Å². The Morgan fingerprint density at radius 1 is 1.05 bits per heavy atom. The van der Waals surface area contributed by atoms with E-state index in [2.05, 4.69) is 25.3 Å². The van der Waals surface area contributed by atoms with Crippen molar-refractivity contribution in [3.63, 3.8) is 0 Å². The van der Waals surface area contributed by atoms with E-state index < -0.39 is 24.1 Å². The fourth-order valence-corrected chi connectivity index (χ4v) is 4.84. The normalized spacial score (nSPS) is 12.7. The van der Waals surface area contributed by atoms with Crippen molar-refractivity contribution in [1.29, 1.82) is 0 Å². The highest BCUT2D eigenvalue weighted by molar-refractivity contribution is 7.21. The molecule has 3 heterocycles. The van der Waals surface area contributed by atoms with Gasteiger partial charge in [0.05, 0.1) is 52.6 Å². The molecule has 0 aliphatic carbocycles. The number of aromatic hydroxyl groups is 1. The van der Waals surface area contributed by atoms with E-state index in [-0.39, 0.29) is 17.2 Å². The van der Waals surface area contributed by atoms with Crippen LogP contribution in [0.3, 0.4) is 0 Å². The van der Waals surface area contributed by atoms with Gasteiger partial charge < -0.3 is 19.3 Å². The number of fused-ring (bicyclic) bond motifs is 2. The number of rotatable bonds is 7. The molecule has 5 aromatic rings. The molecule has 2 atom stereocenters. The minimum absolute atomic E-state index is 0.0110. The van der Waals surface area contributed by atoms with Gasteiger partial charge in [-0.05, 0) is 38.5 Å². The molecule has 10 nitrogen and oxygen atoms in total. The number of carbonyl (C=O) groups excluding carboxylic acids is 1. The maximum absolute atomic E-state index is 15.0. The lowest BCUT2D eigenvalue weighted by molar-refractivity contribution is 0.0402. The molecule has 0 spiro atoms. The minimum atomic E-state index is -0.764. The number of benzene rings is 2. The summed E-state index contributed by atoms with van der Waals surface area (Å²) in [7, 11) is 1.53. The molecule has 3 aromatic heterocycles. The Morgan fingerprint density at radius 2 is 1.87 bits per heavy atom. The SMILES string of the molecule is COc1cnc2c(-c3nc4cc(F)c(O[C@@H](C)[C@@H](C)OC(=O)Nc5cncc(O)c5)cc4s3)cc(C)cc2n1. The maximum atomic E-state index is 15.0. The van der Waals surface area contributed by atoms with Crippen molar-refractivity contribution >= 4 is 44.4 Å². The van der Waals surface area contributed by atoms with Crippen LogP contribution in [0.15, 0.2) is 48.9 Å². The quantitative estimate of drug-likeness (QED) is 0.256. The summed E-state index contributed by atoms with van der Waals surface area (Å²) in [5.74, 6) is -0.268. The van der Waals surface area contributed by atoms with E-state index in [1.807, 2.05) is 19.1 Å². The van der Waals surface area contributed by atoms with Crippen molar-refractivity contribution in [2.75, 3.05) is 12.4 Å². The average Bonchev–Trinajstić information content (AvgIpc) is 3.30. The van der Waals surface area contributed by atoms with E-state index in [9.17, 15) is 14.3 Å². The third-order valence-corrected chi connectivity index (χ3v) is 6.94. The summed E-state index contributed by atoms with van der Waals surface area (Å²) >= 11 is 1.38. The van der Waals surface area contributed by atoms with Gasteiger partial charge >= 0.3 is 6.09 Å². The highest BCUT2D eigenvalue weighted by atomic mass is 32.1. The number of aromatic nitrogens is 4. The van der Waals surface area contributed by atoms with Crippen LogP contribution in [0.25, 0.3) is 31.8 Å². The number of thiazole rings is 1. The number of nitrogens with one attached hydrogen (secondary N) is 1. The van der Waals surface area contributed by atoms with Crippen LogP contribution in [0.2, 0.25) is 0 Å². The lowest BCUT2D eigenvalue weighted by Gasteiger charge is -2.22. The molecule has 0 unspecified atom stereocenters. The Labute approximate surface area is 226 Å². The summed E-state index contributed by atoms with van der Waals surface area (Å²) in [5, 5.41) is 12.6. The van der Waals surface area contributed by atoms with E-state index in [4.69, 9.17) is 14.2 Å². The van der Waals surface area contributed by atoms with Crippen molar-refractivity contribution in [3.8, 4) is 28.0 Å². The van der Waals surface area contributed by atoms with E-state index >= 15 is 0 Å². The van der Waals surface area contributed by atoms with Crippen molar-refractivity contribution in [2.45, 2.75) is 33.0 Å². The number of nitrogens with zero attached hydrogens (tertiary/aromatic N) is 4. The molecule has 1 amide bonds. The second-order valence-corrected chi connectivity index (χ2v) is 9.88. The molecular weight excluding hydrogens is 525 g/mol. The third kappa shape index (κ3) is 5.65. The number of hydrogen-bond acceptors (Lipinski definition) is 10. The van der Waals surface area contributed by atoms with E-state index in [0.29, 0.717) is 32.1 Å². The number of halogens is 1. The summed E-state index contributed by atoms with van der Waals surface area (Å²) in [6.45, 7) is 5.25. The first-order chi connectivity index (χ1) is 18.7. The standard InChI is InChI=1S/C27H24FN5O5S/c1-13-5-18(25-21(6-13)32-24(36-4)12-30-25)26-33-20-8-19(28)22(9-23(20)39-26)37-14(2)15(3)38-27(35)31-16-7-17(34)11-29-10-16/h5-12,14-15,34H,1-4H3,(H,31,35)/t14-,15+/m0/s1. The monoisotopic (exact) mass is 549 g/mol. The molecule has 0 bridgehead atoms. The van der Waals surface area contributed by atoms with Gasteiger partial charge in [-0.3, -0.25) is 10.3 Å². The molecule has 0 aliphatic rings. The first-order valence-electron chi connectivity index (χ1n) is 11.9. The third-order valence-electron chi connectivity index (χ3n) is 5.89. The molecule has 0 fully saturated rings. The van der Waals surface area contributed by atoms with Crippen LogP contribution in [-0.2, 0) is 4.74 Å². The van der Waals surface area contributed by atoms with Crippen LogP contribution in [0, 0.1) is 12.7 Å². The van der Waals surface area contributed by atoms with E-state index in [0.717, 1.165) is 11.1 Å². The Kier molecular flexibility index (Phi) is 7.11. The lowest BCUT2D eigenvalue weighted by Crippen LogP contribution is -2.32. The summed E-state index contributed by atoms with van der Waals surface area (Å²) in [6, 6.07) is 8.11. The Balaban J connectivity index is 1.35. The van der Waals surface area contributed by atoms with Crippen molar-refractivity contribution < 1.29 is 28.5 Å². The zero-order valence-corrected chi connectivity index (χ0v) is 22.2. The van der Waals surface area contributed by atoms with Crippen molar-refractivity contribution in [3.05, 3.63) is 60.3 Å². The van der Waals surface area contributed by atoms with Gasteiger partial charge in [0.15, 0.2) is 11.6 Å². The Morgan fingerprint density at radius 3 is 2.64 bits per heavy atom. The fourth-order valence-electron chi connectivity index (χ4n) is 3.85. The molecule has 2 N–H and O–H groups in total. The van der Waals surface area contributed by atoms with Gasteiger partial charge in [-0.2, -0.15) is 0 Å².